The number of rotatable bonds is 1. The zero-order valence-electron chi connectivity index (χ0n) is 7.19. The van der Waals surface area contributed by atoms with Crippen LogP contribution in [-0.2, 0) is 10.1 Å². The quantitative estimate of drug-likeness (QED) is 0.653. The molecule has 0 aliphatic carbocycles. The molecule has 0 saturated carbocycles. The molecule has 1 N–H and O–H groups in total. The van der Waals surface area contributed by atoms with Crippen molar-refractivity contribution >= 4 is 22.8 Å². The molecule has 0 radical (unpaired) electrons. The fourth-order valence-electron chi connectivity index (χ4n) is 1.00. The van der Waals surface area contributed by atoms with Crippen molar-refractivity contribution < 1.29 is 13.0 Å². The summed E-state index contributed by atoms with van der Waals surface area (Å²) in [7, 11) is -4.10. The lowest BCUT2D eigenvalue weighted by Gasteiger charge is -1.95. The first-order valence-electron chi connectivity index (χ1n) is 3.68. The zero-order chi connectivity index (χ0) is 10.1. The largest absolute Gasteiger partial charge is 0.294 e. The summed E-state index contributed by atoms with van der Waals surface area (Å²) in [5.74, 6) is 0. The second-order valence-corrected chi connectivity index (χ2v) is 4.05. The average molecular weight is 198 g/mol. The summed E-state index contributed by atoms with van der Waals surface area (Å²) in [4.78, 5) is -0.104. The Morgan fingerprint density at radius 1 is 1.46 bits per heavy atom. The molecule has 70 valence electrons. The normalized spacial score (nSPS) is 13.2. The molecule has 1 rings (SSSR count). The standard InChI is InChI=1S/C9H10O3S/c1-3-8-6-9(13(10,11)12)5-4-7(8)2/h3-6H,2H2,1H3,(H,10,11,12)/b8-3-. The van der Waals surface area contributed by atoms with Crippen molar-refractivity contribution in [3.8, 4) is 0 Å². The Bertz CT molecular complexity index is 514. The van der Waals surface area contributed by atoms with Crippen LogP contribution >= 0.6 is 0 Å². The van der Waals surface area contributed by atoms with Gasteiger partial charge in [-0.1, -0.05) is 18.7 Å². The van der Waals surface area contributed by atoms with E-state index in [1.807, 2.05) is 0 Å². The SMILES string of the molecule is C=c1ccc(S(=O)(=O)O)c/c1=C/C. The molecular formula is C9H10O3S. The van der Waals surface area contributed by atoms with E-state index in [2.05, 4.69) is 6.58 Å². The minimum Gasteiger partial charge on any atom is -0.282 e. The number of hydrogen-bond acceptors (Lipinski definition) is 2. The van der Waals surface area contributed by atoms with Crippen LogP contribution in [0.25, 0.3) is 12.7 Å². The molecule has 0 unspecified atom stereocenters. The molecule has 0 aromatic heterocycles. The molecule has 3 nitrogen and oxygen atoms in total. The fourth-order valence-corrected chi connectivity index (χ4v) is 1.52. The predicted octanol–water partition coefficient (Wildman–Crippen LogP) is 0.144. The van der Waals surface area contributed by atoms with Crippen molar-refractivity contribution in [3.05, 3.63) is 28.6 Å². The van der Waals surface area contributed by atoms with Gasteiger partial charge in [-0.25, -0.2) is 0 Å². The van der Waals surface area contributed by atoms with E-state index in [9.17, 15) is 8.42 Å². The maximum atomic E-state index is 10.7. The Labute approximate surface area is 76.8 Å². The molecular weight excluding hydrogens is 188 g/mol. The summed E-state index contributed by atoms with van der Waals surface area (Å²) in [5, 5.41) is 1.44. The van der Waals surface area contributed by atoms with E-state index in [0.29, 0.717) is 5.22 Å². The van der Waals surface area contributed by atoms with Crippen molar-refractivity contribution in [1.82, 2.24) is 0 Å². The third kappa shape index (κ3) is 2.17. The number of hydrogen-bond donors (Lipinski definition) is 1. The summed E-state index contributed by atoms with van der Waals surface area (Å²) in [6.07, 6.45) is 1.73. The smallest absolute Gasteiger partial charge is 0.282 e. The van der Waals surface area contributed by atoms with Crippen LogP contribution < -0.4 is 10.4 Å². The van der Waals surface area contributed by atoms with Crippen LogP contribution in [0.4, 0.5) is 0 Å². The first kappa shape index (κ1) is 9.95. The lowest BCUT2D eigenvalue weighted by atomic mass is 10.2. The second kappa shape index (κ2) is 3.32. The number of benzene rings is 1. The van der Waals surface area contributed by atoms with Gasteiger partial charge in [0.15, 0.2) is 0 Å². The van der Waals surface area contributed by atoms with Crippen molar-refractivity contribution in [2.45, 2.75) is 11.8 Å². The summed E-state index contributed by atoms with van der Waals surface area (Å²) in [5.41, 5.74) is 0. The summed E-state index contributed by atoms with van der Waals surface area (Å²) >= 11 is 0. The van der Waals surface area contributed by atoms with Gasteiger partial charge in [-0.15, -0.1) is 0 Å². The maximum Gasteiger partial charge on any atom is 0.294 e. The third-order valence-corrected chi connectivity index (χ3v) is 2.58. The van der Waals surface area contributed by atoms with Crippen molar-refractivity contribution in [1.29, 1.82) is 0 Å². The van der Waals surface area contributed by atoms with E-state index < -0.39 is 10.1 Å². The molecule has 0 amide bonds. The highest BCUT2D eigenvalue weighted by Crippen LogP contribution is 2.01. The fraction of sp³-hybridized carbons (Fsp3) is 0.111. The van der Waals surface area contributed by atoms with Gasteiger partial charge in [-0.2, -0.15) is 8.42 Å². The predicted molar refractivity (Wildman–Crippen MR) is 51.2 cm³/mol. The topological polar surface area (TPSA) is 54.4 Å². The molecule has 13 heavy (non-hydrogen) atoms. The van der Waals surface area contributed by atoms with Crippen LogP contribution in [0.5, 0.6) is 0 Å². The van der Waals surface area contributed by atoms with E-state index >= 15 is 0 Å². The van der Waals surface area contributed by atoms with Crippen LogP contribution in [0.3, 0.4) is 0 Å². The van der Waals surface area contributed by atoms with Crippen LogP contribution in [0.15, 0.2) is 23.1 Å². The maximum absolute atomic E-state index is 10.7. The second-order valence-electron chi connectivity index (χ2n) is 2.62. The van der Waals surface area contributed by atoms with Gasteiger partial charge >= 0.3 is 0 Å². The Morgan fingerprint density at radius 3 is 2.54 bits per heavy atom. The van der Waals surface area contributed by atoms with Crippen LogP contribution in [0.2, 0.25) is 0 Å². The lowest BCUT2D eigenvalue weighted by molar-refractivity contribution is 0.483. The van der Waals surface area contributed by atoms with Gasteiger partial charge in [0.1, 0.15) is 0 Å². The van der Waals surface area contributed by atoms with E-state index in [1.54, 1.807) is 19.1 Å². The molecule has 0 heterocycles. The average Bonchev–Trinajstić information content (AvgIpc) is 2.03. The van der Waals surface area contributed by atoms with Crippen LogP contribution in [0, 0.1) is 0 Å². The van der Waals surface area contributed by atoms with E-state index in [-0.39, 0.29) is 4.90 Å². The van der Waals surface area contributed by atoms with Gasteiger partial charge in [-0.05, 0) is 29.5 Å². The Hall–Kier alpha value is -1.13. The summed E-state index contributed by atoms with van der Waals surface area (Å²) < 4.78 is 30.2. The van der Waals surface area contributed by atoms with Gasteiger partial charge in [-0.3, -0.25) is 4.55 Å². The van der Waals surface area contributed by atoms with Crippen LogP contribution in [0.1, 0.15) is 6.92 Å². The summed E-state index contributed by atoms with van der Waals surface area (Å²) in [6.45, 7) is 5.48. The summed E-state index contributed by atoms with van der Waals surface area (Å²) in [6, 6.07) is 4.26. The first-order valence-corrected chi connectivity index (χ1v) is 5.12. The minimum atomic E-state index is -4.10. The highest BCUT2D eigenvalue weighted by atomic mass is 32.2. The first-order chi connectivity index (χ1) is 5.95. The molecule has 0 spiro atoms. The van der Waals surface area contributed by atoms with Gasteiger partial charge < -0.3 is 0 Å². The zero-order valence-corrected chi connectivity index (χ0v) is 8.00. The van der Waals surface area contributed by atoms with Gasteiger partial charge in [0.25, 0.3) is 10.1 Å². The van der Waals surface area contributed by atoms with Crippen molar-refractivity contribution in [2.24, 2.45) is 0 Å². The Kier molecular flexibility index (Phi) is 2.54. The van der Waals surface area contributed by atoms with E-state index in [4.69, 9.17) is 4.55 Å². The molecule has 1 aromatic rings. The highest BCUT2D eigenvalue weighted by molar-refractivity contribution is 7.85. The van der Waals surface area contributed by atoms with E-state index in [1.165, 1.54) is 12.1 Å². The minimum absolute atomic E-state index is 0.104. The monoisotopic (exact) mass is 198 g/mol. The molecule has 0 atom stereocenters. The molecule has 0 aliphatic rings. The molecule has 1 aromatic carbocycles. The molecule has 0 bridgehead atoms. The highest BCUT2D eigenvalue weighted by Gasteiger charge is 2.07. The Morgan fingerprint density at radius 2 is 2.08 bits per heavy atom. The van der Waals surface area contributed by atoms with Crippen LogP contribution in [-0.4, -0.2) is 13.0 Å². The van der Waals surface area contributed by atoms with Crippen molar-refractivity contribution in [3.63, 3.8) is 0 Å². The van der Waals surface area contributed by atoms with Gasteiger partial charge in [0.05, 0.1) is 4.90 Å². The molecule has 4 heteroatoms. The van der Waals surface area contributed by atoms with E-state index in [0.717, 1.165) is 5.22 Å². The lowest BCUT2D eigenvalue weighted by Crippen LogP contribution is -2.23. The Balaban J connectivity index is 3.58. The van der Waals surface area contributed by atoms with Crippen molar-refractivity contribution in [2.75, 3.05) is 0 Å². The molecule has 0 fully saturated rings. The molecule has 0 saturated heterocycles. The molecule has 0 aliphatic heterocycles. The third-order valence-electron chi connectivity index (χ3n) is 1.73. The van der Waals surface area contributed by atoms with Gasteiger partial charge in [0.2, 0.25) is 0 Å². The van der Waals surface area contributed by atoms with Gasteiger partial charge in [0, 0.05) is 0 Å².